The number of amides is 2. The average Bonchev–Trinajstić information content (AvgIpc) is 3.00. The number of nitrogens with one attached hydrogen (secondary N) is 2. The van der Waals surface area contributed by atoms with Crippen molar-refractivity contribution in [3.8, 4) is 23.0 Å². The van der Waals surface area contributed by atoms with Gasteiger partial charge in [0.25, 0.3) is 11.8 Å². The number of anilines is 1. The number of para-hydroxylation sites is 1. The van der Waals surface area contributed by atoms with E-state index in [0.29, 0.717) is 46.4 Å². The van der Waals surface area contributed by atoms with E-state index in [0.717, 1.165) is 5.56 Å². The molecule has 0 aliphatic heterocycles. The molecule has 9 heteroatoms. The maximum atomic E-state index is 12.6. The fourth-order valence-electron chi connectivity index (χ4n) is 3.64. The van der Waals surface area contributed by atoms with Gasteiger partial charge >= 0.3 is 0 Å². The number of carbonyl (C=O) groups excluding carboxylic acids is 2. The van der Waals surface area contributed by atoms with E-state index < -0.39 is 5.91 Å². The lowest BCUT2D eigenvalue weighted by Gasteiger charge is -2.12. The van der Waals surface area contributed by atoms with Crippen LogP contribution in [0.5, 0.6) is 23.0 Å². The van der Waals surface area contributed by atoms with Gasteiger partial charge in [-0.1, -0.05) is 48.5 Å². The number of benzene rings is 4. The number of ether oxygens (including phenoxy) is 4. The molecule has 0 radical (unpaired) electrons. The van der Waals surface area contributed by atoms with E-state index in [4.69, 9.17) is 18.9 Å². The molecule has 0 bridgehead atoms. The molecule has 0 saturated carbocycles. The van der Waals surface area contributed by atoms with Crippen LogP contribution in [0, 0.1) is 0 Å². The molecule has 2 N–H and O–H groups in total. The predicted molar refractivity (Wildman–Crippen MR) is 152 cm³/mol. The Morgan fingerprint density at radius 2 is 1.40 bits per heavy atom. The van der Waals surface area contributed by atoms with Crippen molar-refractivity contribution < 1.29 is 28.5 Å². The minimum atomic E-state index is -0.416. The fourth-order valence-corrected chi connectivity index (χ4v) is 3.64. The molecule has 0 fully saturated rings. The summed E-state index contributed by atoms with van der Waals surface area (Å²) in [6, 6.07) is 28.8. The molecular weight excluding hydrogens is 510 g/mol. The Kier molecular flexibility index (Phi) is 9.71. The molecule has 2 amide bonds. The Hall–Kier alpha value is -5.31. The first kappa shape index (κ1) is 27.7. The van der Waals surface area contributed by atoms with Gasteiger partial charge in [0.05, 0.1) is 20.4 Å². The zero-order chi connectivity index (χ0) is 28.2. The summed E-state index contributed by atoms with van der Waals surface area (Å²) in [6.07, 6.45) is 1.47. The third kappa shape index (κ3) is 7.84. The third-order valence-electron chi connectivity index (χ3n) is 5.65. The highest BCUT2D eigenvalue weighted by Crippen LogP contribution is 2.29. The van der Waals surface area contributed by atoms with Crippen LogP contribution in [-0.4, -0.2) is 38.9 Å². The number of nitrogens with zero attached hydrogens (tertiary/aromatic N) is 1. The molecule has 0 aliphatic rings. The van der Waals surface area contributed by atoms with Crippen LogP contribution in [0.4, 0.5) is 5.69 Å². The van der Waals surface area contributed by atoms with Gasteiger partial charge < -0.3 is 24.3 Å². The van der Waals surface area contributed by atoms with E-state index in [1.165, 1.54) is 20.4 Å². The predicted octanol–water partition coefficient (Wildman–Crippen LogP) is 5.06. The van der Waals surface area contributed by atoms with Crippen molar-refractivity contribution >= 4 is 23.7 Å². The molecule has 204 valence electrons. The highest BCUT2D eigenvalue weighted by Gasteiger charge is 2.12. The smallest absolute Gasteiger partial charge is 0.271 e. The molecule has 4 aromatic rings. The molecule has 0 aliphatic carbocycles. The fraction of sp³-hybridized carbons (Fsp3) is 0.129. The van der Waals surface area contributed by atoms with E-state index in [-0.39, 0.29) is 12.5 Å². The first-order valence-electron chi connectivity index (χ1n) is 12.4. The standard InChI is InChI=1S/C31H29N3O6/c1-37-28-17-23(13-15-26(28)40-21-30(35)33-25-11-7-4-8-12-25)19-32-34-31(36)24-14-16-27(29(18-24)38-2)39-20-22-9-5-3-6-10-22/h3-19H,20-21H2,1-2H3,(H,33,35)(H,34,36)/b32-19+. The lowest BCUT2D eigenvalue weighted by Crippen LogP contribution is -2.20. The summed E-state index contributed by atoms with van der Waals surface area (Å²) in [5.41, 5.74) is 5.21. The zero-order valence-electron chi connectivity index (χ0n) is 22.1. The summed E-state index contributed by atoms with van der Waals surface area (Å²) in [4.78, 5) is 24.8. The van der Waals surface area contributed by atoms with E-state index in [9.17, 15) is 9.59 Å². The Bertz CT molecular complexity index is 1460. The molecular formula is C31H29N3O6. The summed E-state index contributed by atoms with van der Waals surface area (Å²) < 4.78 is 22.3. The Labute approximate surface area is 232 Å². The maximum Gasteiger partial charge on any atom is 0.271 e. The van der Waals surface area contributed by atoms with Gasteiger partial charge in [0.1, 0.15) is 6.61 Å². The molecule has 0 atom stereocenters. The van der Waals surface area contributed by atoms with Crippen molar-refractivity contribution in [1.82, 2.24) is 5.43 Å². The summed E-state index contributed by atoms with van der Waals surface area (Å²) in [5.74, 6) is 1.06. The highest BCUT2D eigenvalue weighted by molar-refractivity contribution is 5.95. The van der Waals surface area contributed by atoms with Gasteiger partial charge in [0.15, 0.2) is 29.6 Å². The van der Waals surface area contributed by atoms with Gasteiger partial charge in [-0.05, 0) is 59.7 Å². The largest absolute Gasteiger partial charge is 0.493 e. The number of hydrogen-bond donors (Lipinski definition) is 2. The van der Waals surface area contributed by atoms with Crippen LogP contribution in [-0.2, 0) is 11.4 Å². The van der Waals surface area contributed by atoms with Gasteiger partial charge in [-0.2, -0.15) is 5.10 Å². The number of hydrogen-bond acceptors (Lipinski definition) is 7. The van der Waals surface area contributed by atoms with Crippen LogP contribution in [0.15, 0.2) is 102 Å². The number of rotatable bonds is 12. The molecule has 0 aromatic heterocycles. The molecule has 4 rings (SSSR count). The van der Waals surface area contributed by atoms with Gasteiger partial charge in [-0.25, -0.2) is 5.43 Å². The molecule has 40 heavy (non-hydrogen) atoms. The second kappa shape index (κ2) is 14.0. The van der Waals surface area contributed by atoms with Crippen LogP contribution in [0.1, 0.15) is 21.5 Å². The molecule has 9 nitrogen and oxygen atoms in total. The van der Waals surface area contributed by atoms with Crippen molar-refractivity contribution in [2.45, 2.75) is 6.61 Å². The first-order chi connectivity index (χ1) is 19.6. The van der Waals surface area contributed by atoms with Gasteiger partial charge in [0, 0.05) is 11.3 Å². The van der Waals surface area contributed by atoms with Crippen molar-refractivity contribution in [3.63, 3.8) is 0 Å². The lowest BCUT2D eigenvalue weighted by molar-refractivity contribution is -0.118. The Morgan fingerprint density at radius 3 is 2.12 bits per heavy atom. The van der Waals surface area contributed by atoms with E-state index in [2.05, 4.69) is 15.8 Å². The van der Waals surface area contributed by atoms with Crippen molar-refractivity contribution in [2.24, 2.45) is 5.10 Å². The topological polar surface area (TPSA) is 107 Å². The van der Waals surface area contributed by atoms with E-state index in [1.54, 1.807) is 48.5 Å². The molecule has 0 saturated heterocycles. The van der Waals surface area contributed by atoms with Gasteiger partial charge in [0.2, 0.25) is 0 Å². The van der Waals surface area contributed by atoms with Crippen molar-refractivity contribution in [1.29, 1.82) is 0 Å². The molecule has 4 aromatic carbocycles. The first-order valence-corrected chi connectivity index (χ1v) is 12.4. The quantitative estimate of drug-likeness (QED) is 0.192. The Morgan fingerprint density at radius 1 is 0.750 bits per heavy atom. The summed E-state index contributed by atoms with van der Waals surface area (Å²) >= 11 is 0. The van der Waals surface area contributed by atoms with Crippen LogP contribution >= 0.6 is 0 Å². The minimum Gasteiger partial charge on any atom is -0.493 e. The van der Waals surface area contributed by atoms with Crippen LogP contribution in [0.25, 0.3) is 0 Å². The second-order valence-corrected chi connectivity index (χ2v) is 8.45. The number of carbonyl (C=O) groups is 2. The van der Waals surface area contributed by atoms with E-state index in [1.807, 2.05) is 48.5 Å². The zero-order valence-corrected chi connectivity index (χ0v) is 22.1. The normalized spacial score (nSPS) is 10.6. The van der Waals surface area contributed by atoms with Gasteiger partial charge in [-0.3, -0.25) is 9.59 Å². The second-order valence-electron chi connectivity index (χ2n) is 8.45. The van der Waals surface area contributed by atoms with Crippen molar-refractivity contribution in [3.05, 3.63) is 114 Å². The summed E-state index contributed by atoms with van der Waals surface area (Å²) in [6.45, 7) is 0.190. The number of hydrazone groups is 1. The van der Waals surface area contributed by atoms with Gasteiger partial charge in [-0.15, -0.1) is 0 Å². The van der Waals surface area contributed by atoms with E-state index >= 15 is 0 Å². The maximum absolute atomic E-state index is 12.6. The Balaban J connectivity index is 1.32. The van der Waals surface area contributed by atoms with Crippen molar-refractivity contribution in [2.75, 3.05) is 26.1 Å². The SMILES string of the molecule is COc1cc(/C=N/NC(=O)c2ccc(OCc3ccccc3)c(OC)c2)ccc1OCC(=O)Nc1ccccc1. The summed E-state index contributed by atoms with van der Waals surface area (Å²) in [5, 5.41) is 6.80. The average molecular weight is 540 g/mol. The highest BCUT2D eigenvalue weighted by atomic mass is 16.5. The number of methoxy groups -OCH3 is 2. The molecule has 0 unspecified atom stereocenters. The van der Waals surface area contributed by atoms with Crippen LogP contribution < -0.4 is 29.7 Å². The summed E-state index contributed by atoms with van der Waals surface area (Å²) in [7, 11) is 3.01. The molecule has 0 heterocycles. The van der Waals surface area contributed by atoms with Crippen LogP contribution in [0.3, 0.4) is 0 Å². The van der Waals surface area contributed by atoms with Crippen LogP contribution in [0.2, 0.25) is 0 Å². The minimum absolute atomic E-state index is 0.186. The lowest BCUT2D eigenvalue weighted by atomic mass is 10.2. The third-order valence-corrected chi connectivity index (χ3v) is 5.65. The monoisotopic (exact) mass is 539 g/mol. The molecule has 0 spiro atoms.